The molecule has 0 saturated heterocycles. The van der Waals surface area contributed by atoms with Crippen molar-refractivity contribution >= 4 is 17.6 Å². The van der Waals surface area contributed by atoms with Gasteiger partial charge in [-0.3, -0.25) is 9.78 Å². The third-order valence-electron chi connectivity index (χ3n) is 2.16. The van der Waals surface area contributed by atoms with Crippen molar-refractivity contribution in [3.63, 3.8) is 0 Å². The van der Waals surface area contributed by atoms with Crippen LogP contribution in [0.15, 0.2) is 12.3 Å². The Kier molecular flexibility index (Phi) is 4.53. The first kappa shape index (κ1) is 14.7. The fourth-order valence-electron chi connectivity index (χ4n) is 1.24. The standard InChI is InChI=1S/C10H10ClF3N2O2/c1-18-8(17)3-7(15)9-6(11)2-5(4-16-9)10(12,13)14/h2,4,7H,3,15H2,1H3/t7-/m0/s1. The van der Waals surface area contributed by atoms with E-state index in [-0.39, 0.29) is 17.1 Å². The van der Waals surface area contributed by atoms with Crippen molar-refractivity contribution in [2.24, 2.45) is 5.73 Å². The van der Waals surface area contributed by atoms with Gasteiger partial charge >= 0.3 is 12.1 Å². The van der Waals surface area contributed by atoms with Gasteiger partial charge in [-0.1, -0.05) is 11.6 Å². The zero-order chi connectivity index (χ0) is 13.9. The van der Waals surface area contributed by atoms with Gasteiger partial charge in [-0.2, -0.15) is 13.2 Å². The summed E-state index contributed by atoms with van der Waals surface area (Å²) in [6.45, 7) is 0. The number of halogens is 4. The Labute approximate surface area is 106 Å². The molecule has 0 unspecified atom stereocenters. The first-order valence-corrected chi connectivity index (χ1v) is 5.18. The lowest BCUT2D eigenvalue weighted by Crippen LogP contribution is -2.18. The van der Waals surface area contributed by atoms with Crippen LogP contribution < -0.4 is 5.73 Å². The Morgan fingerprint density at radius 3 is 2.67 bits per heavy atom. The highest BCUT2D eigenvalue weighted by Gasteiger charge is 2.32. The van der Waals surface area contributed by atoms with Gasteiger partial charge in [0.15, 0.2) is 0 Å². The fraction of sp³-hybridized carbons (Fsp3) is 0.400. The Morgan fingerprint density at radius 1 is 1.61 bits per heavy atom. The summed E-state index contributed by atoms with van der Waals surface area (Å²) in [5, 5.41) is -0.235. The second-order valence-electron chi connectivity index (χ2n) is 3.48. The predicted molar refractivity (Wildman–Crippen MR) is 57.8 cm³/mol. The van der Waals surface area contributed by atoms with E-state index in [1.165, 1.54) is 7.11 Å². The van der Waals surface area contributed by atoms with Gasteiger partial charge in [-0.05, 0) is 6.07 Å². The number of carbonyl (C=O) groups excluding carboxylic acids is 1. The van der Waals surface area contributed by atoms with Crippen LogP contribution in [0, 0.1) is 0 Å². The highest BCUT2D eigenvalue weighted by Crippen LogP contribution is 2.32. The van der Waals surface area contributed by atoms with Crippen LogP contribution in [-0.2, 0) is 15.7 Å². The van der Waals surface area contributed by atoms with Gasteiger partial charge in [-0.25, -0.2) is 0 Å². The van der Waals surface area contributed by atoms with Gasteiger partial charge in [0, 0.05) is 6.20 Å². The van der Waals surface area contributed by atoms with E-state index in [1.807, 2.05) is 0 Å². The number of nitrogens with zero attached hydrogens (tertiary/aromatic N) is 1. The molecule has 0 aliphatic rings. The highest BCUT2D eigenvalue weighted by atomic mass is 35.5. The van der Waals surface area contributed by atoms with Crippen molar-refractivity contribution in [2.45, 2.75) is 18.6 Å². The molecule has 0 saturated carbocycles. The quantitative estimate of drug-likeness (QED) is 0.864. The lowest BCUT2D eigenvalue weighted by Gasteiger charge is -2.13. The van der Waals surface area contributed by atoms with E-state index in [1.54, 1.807) is 0 Å². The molecule has 0 spiro atoms. The summed E-state index contributed by atoms with van der Waals surface area (Å²) in [5.74, 6) is -0.597. The zero-order valence-electron chi connectivity index (χ0n) is 9.29. The van der Waals surface area contributed by atoms with Gasteiger partial charge in [0.1, 0.15) is 0 Å². The maximum absolute atomic E-state index is 12.4. The maximum atomic E-state index is 12.4. The summed E-state index contributed by atoms with van der Waals surface area (Å²) in [6, 6.07) is -0.187. The van der Waals surface area contributed by atoms with Crippen molar-refractivity contribution in [1.29, 1.82) is 0 Å². The van der Waals surface area contributed by atoms with E-state index in [0.29, 0.717) is 6.20 Å². The van der Waals surface area contributed by atoms with Crippen molar-refractivity contribution in [3.8, 4) is 0 Å². The van der Waals surface area contributed by atoms with E-state index in [9.17, 15) is 18.0 Å². The second-order valence-corrected chi connectivity index (χ2v) is 3.88. The van der Waals surface area contributed by atoms with Crippen LogP contribution in [0.5, 0.6) is 0 Å². The number of pyridine rings is 1. The van der Waals surface area contributed by atoms with E-state index >= 15 is 0 Å². The molecular weight excluding hydrogens is 273 g/mol. The number of hydrogen-bond acceptors (Lipinski definition) is 4. The van der Waals surface area contributed by atoms with Crippen LogP contribution in [0.3, 0.4) is 0 Å². The number of ether oxygens (including phenoxy) is 1. The Hall–Kier alpha value is -1.34. The smallest absolute Gasteiger partial charge is 0.417 e. The van der Waals surface area contributed by atoms with Gasteiger partial charge < -0.3 is 10.5 Å². The zero-order valence-corrected chi connectivity index (χ0v) is 10.0. The minimum Gasteiger partial charge on any atom is -0.469 e. The summed E-state index contributed by atoms with van der Waals surface area (Å²) in [5.41, 5.74) is 4.65. The molecule has 1 atom stereocenters. The van der Waals surface area contributed by atoms with E-state index in [2.05, 4.69) is 9.72 Å². The number of nitrogens with two attached hydrogens (primary N) is 1. The van der Waals surface area contributed by atoms with Crippen molar-refractivity contribution in [2.75, 3.05) is 7.11 Å². The molecule has 0 bridgehead atoms. The molecule has 0 aliphatic carbocycles. The van der Waals surface area contributed by atoms with Gasteiger partial charge in [0.25, 0.3) is 0 Å². The molecular formula is C10H10ClF3N2O2. The number of hydrogen-bond donors (Lipinski definition) is 1. The highest BCUT2D eigenvalue weighted by molar-refractivity contribution is 6.31. The molecule has 100 valence electrons. The number of alkyl halides is 3. The van der Waals surface area contributed by atoms with Crippen LogP contribution in [0.25, 0.3) is 0 Å². The topological polar surface area (TPSA) is 65.2 Å². The molecule has 0 aliphatic heterocycles. The number of rotatable bonds is 3. The molecule has 0 radical (unpaired) electrons. The van der Waals surface area contributed by atoms with Crippen molar-refractivity contribution in [1.82, 2.24) is 4.98 Å². The summed E-state index contributed by atoms with van der Waals surface area (Å²) in [7, 11) is 1.18. The Balaban J connectivity index is 2.95. The lowest BCUT2D eigenvalue weighted by molar-refractivity contribution is -0.141. The molecule has 2 N–H and O–H groups in total. The third-order valence-corrected chi connectivity index (χ3v) is 2.47. The first-order chi connectivity index (χ1) is 8.25. The number of aromatic nitrogens is 1. The van der Waals surface area contributed by atoms with Crippen LogP contribution in [0.4, 0.5) is 13.2 Å². The van der Waals surface area contributed by atoms with Gasteiger partial charge in [-0.15, -0.1) is 0 Å². The van der Waals surface area contributed by atoms with Crippen molar-refractivity contribution < 1.29 is 22.7 Å². The predicted octanol–water partition coefficient (Wildman–Crippen LogP) is 2.32. The fourth-order valence-corrected chi connectivity index (χ4v) is 1.54. The average molecular weight is 283 g/mol. The molecule has 1 rings (SSSR count). The van der Waals surface area contributed by atoms with Crippen molar-refractivity contribution in [3.05, 3.63) is 28.5 Å². The van der Waals surface area contributed by atoms with Crippen LogP contribution in [0.1, 0.15) is 23.7 Å². The maximum Gasteiger partial charge on any atom is 0.417 e. The minimum atomic E-state index is -4.53. The van der Waals surface area contributed by atoms with Crippen LogP contribution in [-0.4, -0.2) is 18.1 Å². The molecule has 1 aromatic rings. The average Bonchev–Trinajstić information content (AvgIpc) is 2.27. The lowest BCUT2D eigenvalue weighted by atomic mass is 10.1. The molecule has 18 heavy (non-hydrogen) atoms. The van der Waals surface area contributed by atoms with Crippen LogP contribution >= 0.6 is 11.6 Å². The van der Waals surface area contributed by atoms with Gasteiger partial charge in [0.05, 0.1) is 35.9 Å². The number of esters is 1. The normalized spacial score (nSPS) is 13.2. The number of carbonyl (C=O) groups is 1. The van der Waals surface area contributed by atoms with E-state index in [0.717, 1.165) is 6.07 Å². The van der Waals surface area contributed by atoms with E-state index in [4.69, 9.17) is 17.3 Å². The summed E-state index contributed by atoms with van der Waals surface area (Å²) in [4.78, 5) is 14.5. The molecule has 4 nitrogen and oxygen atoms in total. The van der Waals surface area contributed by atoms with E-state index < -0.39 is 23.8 Å². The molecule has 0 amide bonds. The monoisotopic (exact) mass is 282 g/mol. The molecule has 8 heteroatoms. The SMILES string of the molecule is COC(=O)C[C@H](N)c1ncc(C(F)(F)F)cc1Cl. The Bertz CT molecular complexity index is 451. The minimum absolute atomic E-state index is 0.0232. The summed E-state index contributed by atoms with van der Waals surface area (Å²) in [6.07, 6.45) is -4.12. The van der Waals surface area contributed by atoms with Crippen LogP contribution in [0.2, 0.25) is 5.02 Å². The van der Waals surface area contributed by atoms with Gasteiger partial charge in [0.2, 0.25) is 0 Å². The molecule has 0 aromatic carbocycles. The molecule has 1 heterocycles. The summed E-state index contributed by atoms with van der Waals surface area (Å²) < 4.78 is 41.5. The first-order valence-electron chi connectivity index (χ1n) is 4.80. The third kappa shape index (κ3) is 3.58. The second kappa shape index (κ2) is 5.53. The Morgan fingerprint density at radius 2 is 2.22 bits per heavy atom. The summed E-state index contributed by atoms with van der Waals surface area (Å²) >= 11 is 5.66. The molecule has 0 fully saturated rings. The largest absolute Gasteiger partial charge is 0.469 e. The molecule has 1 aromatic heterocycles. The number of methoxy groups -OCH3 is 1.